The Kier molecular flexibility index (Phi) is 6.08. The quantitative estimate of drug-likeness (QED) is 0.679. The molecule has 0 aliphatic heterocycles. The molecule has 0 aromatic heterocycles. The summed E-state index contributed by atoms with van der Waals surface area (Å²) in [6.07, 6.45) is -0.775. The van der Waals surface area contributed by atoms with Crippen LogP contribution in [0.3, 0.4) is 0 Å². The SMILES string of the molecule is CC(=O)O[C@H](C(C)C)[C@@H](OC(C)=O)C(C)C. The second-order valence-corrected chi connectivity index (χ2v) is 4.64. The molecule has 4 heteroatoms. The van der Waals surface area contributed by atoms with Gasteiger partial charge in [0.2, 0.25) is 0 Å². The third-order valence-electron chi connectivity index (χ3n) is 2.24. The van der Waals surface area contributed by atoms with Gasteiger partial charge in [-0.15, -0.1) is 0 Å². The molecule has 0 aromatic carbocycles. The van der Waals surface area contributed by atoms with Gasteiger partial charge in [0.1, 0.15) is 12.2 Å². The van der Waals surface area contributed by atoms with Crippen molar-refractivity contribution in [1.29, 1.82) is 0 Å². The topological polar surface area (TPSA) is 52.6 Å². The van der Waals surface area contributed by atoms with Crippen molar-refractivity contribution in [2.75, 3.05) is 0 Å². The summed E-state index contributed by atoms with van der Waals surface area (Å²) in [6.45, 7) is 10.5. The van der Waals surface area contributed by atoms with Gasteiger partial charge in [-0.1, -0.05) is 27.7 Å². The summed E-state index contributed by atoms with van der Waals surface area (Å²) >= 11 is 0. The predicted octanol–water partition coefficient (Wildman–Crippen LogP) is 2.16. The van der Waals surface area contributed by atoms with E-state index in [2.05, 4.69) is 0 Å². The van der Waals surface area contributed by atoms with Gasteiger partial charge in [0.05, 0.1) is 0 Å². The lowest BCUT2D eigenvalue weighted by atomic mass is 9.93. The molecule has 0 fully saturated rings. The third-order valence-corrected chi connectivity index (χ3v) is 2.24. The van der Waals surface area contributed by atoms with E-state index in [9.17, 15) is 9.59 Å². The molecule has 0 heterocycles. The van der Waals surface area contributed by atoms with Crippen LogP contribution in [0, 0.1) is 11.8 Å². The number of carbonyl (C=O) groups is 2. The van der Waals surface area contributed by atoms with Crippen LogP contribution in [-0.4, -0.2) is 24.1 Å². The van der Waals surface area contributed by atoms with Crippen LogP contribution < -0.4 is 0 Å². The Balaban J connectivity index is 4.79. The number of hydrogen-bond donors (Lipinski definition) is 0. The first-order valence-corrected chi connectivity index (χ1v) is 5.60. The summed E-state index contributed by atoms with van der Waals surface area (Å²) in [5.74, 6) is -0.487. The van der Waals surface area contributed by atoms with E-state index in [0.717, 1.165) is 0 Å². The summed E-state index contributed by atoms with van der Waals surface area (Å²) in [5.41, 5.74) is 0. The summed E-state index contributed by atoms with van der Waals surface area (Å²) in [5, 5.41) is 0. The Hall–Kier alpha value is -1.06. The first kappa shape index (κ1) is 14.9. The number of rotatable bonds is 5. The van der Waals surface area contributed by atoms with Crippen molar-refractivity contribution < 1.29 is 19.1 Å². The molecular weight excluding hydrogens is 208 g/mol. The van der Waals surface area contributed by atoms with Crippen molar-refractivity contribution in [1.82, 2.24) is 0 Å². The zero-order chi connectivity index (χ0) is 12.9. The van der Waals surface area contributed by atoms with E-state index in [-0.39, 0.29) is 36.0 Å². The van der Waals surface area contributed by atoms with Crippen molar-refractivity contribution in [3.05, 3.63) is 0 Å². The Morgan fingerprint density at radius 1 is 0.750 bits per heavy atom. The molecule has 0 rings (SSSR count). The number of carbonyl (C=O) groups excluding carboxylic acids is 2. The fraction of sp³-hybridized carbons (Fsp3) is 0.833. The fourth-order valence-corrected chi connectivity index (χ4v) is 1.55. The van der Waals surface area contributed by atoms with Crippen LogP contribution in [0.4, 0.5) is 0 Å². The van der Waals surface area contributed by atoms with Crippen LogP contribution in [0.5, 0.6) is 0 Å². The maximum atomic E-state index is 11.0. The van der Waals surface area contributed by atoms with Crippen LogP contribution in [-0.2, 0) is 19.1 Å². The first-order valence-electron chi connectivity index (χ1n) is 5.60. The van der Waals surface area contributed by atoms with Crippen LogP contribution in [0.15, 0.2) is 0 Å². The number of esters is 2. The molecular formula is C12H22O4. The van der Waals surface area contributed by atoms with E-state index in [1.807, 2.05) is 27.7 Å². The molecule has 0 aliphatic rings. The highest BCUT2D eigenvalue weighted by molar-refractivity contribution is 5.67. The molecule has 0 radical (unpaired) electrons. The van der Waals surface area contributed by atoms with E-state index < -0.39 is 0 Å². The summed E-state index contributed by atoms with van der Waals surface area (Å²) < 4.78 is 10.4. The van der Waals surface area contributed by atoms with Crippen LogP contribution in [0.25, 0.3) is 0 Å². The molecule has 0 N–H and O–H groups in total. The monoisotopic (exact) mass is 230 g/mol. The Bertz CT molecular complexity index is 219. The van der Waals surface area contributed by atoms with Crippen molar-refractivity contribution in [3.63, 3.8) is 0 Å². The van der Waals surface area contributed by atoms with Gasteiger partial charge < -0.3 is 9.47 Å². The fourth-order valence-electron chi connectivity index (χ4n) is 1.55. The van der Waals surface area contributed by atoms with E-state index in [0.29, 0.717) is 0 Å². The zero-order valence-electron chi connectivity index (χ0n) is 10.9. The summed E-state index contributed by atoms with van der Waals surface area (Å²) in [6, 6.07) is 0. The lowest BCUT2D eigenvalue weighted by molar-refractivity contribution is -0.172. The first-order chi connectivity index (χ1) is 7.25. The highest BCUT2D eigenvalue weighted by Gasteiger charge is 2.32. The molecule has 16 heavy (non-hydrogen) atoms. The van der Waals surface area contributed by atoms with Gasteiger partial charge in [0.25, 0.3) is 0 Å². The molecule has 0 aromatic rings. The van der Waals surface area contributed by atoms with E-state index in [1.165, 1.54) is 13.8 Å². The lowest BCUT2D eigenvalue weighted by Gasteiger charge is -2.31. The second kappa shape index (κ2) is 6.51. The third kappa shape index (κ3) is 5.14. The standard InChI is InChI=1S/C12H22O4/c1-7(2)11(15-9(5)13)12(8(3)4)16-10(6)14/h7-8,11-12H,1-6H3/t11-,12+. The molecule has 0 spiro atoms. The smallest absolute Gasteiger partial charge is 0.303 e. The average molecular weight is 230 g/mol. The highest BCUT2D eigenvalue weighted by Crippen LogP contribution is 2.21. The van der Waals surface area contributed by atoms with E-state index in [1.54, 1.807) is 0 Å². The predicted molar refractivity (Wildman–Crippen MR) is 60.8 cm³/mol. The molecule has 0 bridgehead atoms. The second-order valence-electron chi connectivity index (χ2n) is 4.64. The van der Waals surface area contributed by atoms with E-state index >= 15 is 0 Å². The van der Waals surface area contributed by atoms with Crippen LogP contribution >= 0.6 is 0 Å². The highest BCUT2D eigenvalue weighted by atomic mass is 16.6. The van der Waals surface area contributed by atoms with Crippen LogP contribution in [0.1, 0.15) is 41.5 Å². The van der Waals surface area contributed by atoms with Gasteiger partial charge in [-0.05, 0) is 11.8 Å². The maximum absolute atomic E-state index is 11.0. The molecule has 0 aliphatic carbocycles. The Morgan fingerprint density at radius 3 is 1.12 bits per heavy atom. The van der Waals surface area contributed by atoms with Gasteiger partial charge in [-0.3, -0.25) is 9.59 Å². The minimum absolute atomic E-state index is 0.107. The maximum Gasteiger partial charge on any atom is 0.303 e. The normalized spacial score (nSPS) is 14.8. The van der Waals surface area contributed by atoms with Crippen molar-refractivity contribution in [2.24, 2.45) is 11.8 Å². The minimum atomic E-state index is -0.388. The van der Waals surface area contributed by atoms with Crippen molar-refractivity contribution >= 4 is 11.9 Å². The summed E-state index contributed by atoms with van der Waals surface area (Å²) in [7, 11) is 0. The van der Waals surface area contributed by atoms with Gasteiger partial charge in [-0.25, -0.2) is 0 Å². The van der Waals surface area contributed by atoms with E-state index in [4.69, 9.17) is 9.47 Å². The Morgan fingerprint density at radius 2 is 1.00 bits per heavy atom. The molecule has 0 amide bonds. The largest absolute Gasteiger partial charge is 0.458 e. The van der Waals surface area contributed by atoms with Gasteiger partial charge >= 0.3 is 11.9 Å². The molecule has 0 saturated heterocycles. The molecule has 94 valence electrons. The molecule has 4 nitrogen and oxygen atoms in total. The van der Waals surface area contributed by atoms with Gasteiger partial charge in [0, 0.05) is 13.8 Å². The van der Waals surface area contributed by atoms with Gasteiger partial charge in [-0.2, -0.15) is 0 Å². The van der Waals surface area contributed by atoms with Gasteiger partial charge in [0.15, 0.2) is 0 Å². The number of ether oxygens (including phenoxy) is 2. The lowest BCUT2D eigenvalue weighted by Crippen LogP contribution is -2.41. The zero-order valence-corrected chi connectivity index (χ0v) is 10.9. The van der Waals surface area contributed by atoms with Crippen molar-refractivity contribution in [3.8, 4) is 0 Å². The molecule has 0 unspecified atom stereocenters. The number of hydrogen-bond acceptors (Lipinski definition) is 4. The summed E-state index contributed by atoms with van der Waals surface area (Å²) in [4.78, 5) is 22.0. The molecule has 2 atom stereocenters. The van der Waals surface area contributed by atoms with Crippen molar-refractivity contribution in [2.45, 2.75) is 53.8 Å². The van der Waals surface area contributed by atoms with Crippen LogP contribution in [0.2, 0.25) is 0 Å². The average Bonchev–Trinajstić information content (AvgIpc) is 2.09. The Labute approximate surface area is 97.3 Å². The minimum Gasteiger partial charge on any atom is -0.458 e. The molecule has 0 saturated carbocycles.